The summed E-state index contributed by atoms with van der Waals surface area (Å²) in [4.78, 5) is 13.6. The van der Waals surface area contributed by atoms with Crippen molar-refractivity contribution in [2.45, 2.75) is 89.6 Å². The molecule has 31 heavy (non-hydrogen) atoms. The number of hydrogen-bond acceptors (Lipinski definition) is 1. The fourth-order valence-electron chi connectivity index (χ4n) is 5.68. The second-order valence-electron chi connectivity index (χ2n) is 9.99. The van der Waals surface area contributed by atoms with E-state index in [1.807, 2.05) is 6.08 Å². The molecule has 1 aromatic rings. The summed E-state index contributed by atoms with van der Waals surface area (Å²) in [5.74, 6) is 1.70. The first-order valence-corrected chi connectivity index (χ1v) is 12.4. The van der Waals surface area contributed by atoms with Crippen molar-refractivity contribution >= 4 is 5.78 Å². The molecular formula is C29H37FO. The van der Waals surface area contributed by atoms with Crippen LogP contribution in [-0.2, 0) is 0 Å². The van der Waals surface area contributed by atoms with Gasteiger partial charge in [0, 0.05) is 23.8 Å². The second kappa shape index (κ2) is 10.1. The van der Waals surface area contributed by atoms with E-state index in [0.29, 0.717) is 24.0 Å². The number of rotatable bonds is 8. The van der Waals surface area contributed by atoms with Crippen molar-refractivity contribution in [1.82, 2.24) is 0 Å². The van der Waals surface area contributed by atoms with E-state index in [-0.39, 0.29) is 11.8 Å². The molecule has 0 radical (unpaired) electrons. The lowest BCUT2D eigenvalue weighted by Gasteiger charge is -2.23. The van der Waals surface area contributed by atoms with Crippen molar-refractivity contribution in [2.75, 3.05) is 0 Å². The predicted molar refractivity (Wildman–Crippen MR) is 127 cm³/mol. The minimum absolute atomic E-state index is 0.0990. The highest BCUT2D eigenvalue weighted by Gasteiger charge is 2.30. The molecule has 1 fully saturated rings. The van der Waals surface area contributed by atoms with Crippen LogP contribution in [0.2, 0.25) is 0 Å². The summed E-state index contributed by atoms with van der Waals surface area (Å²) in [5.41, 5.74) is 4.55. The van der Waals surface area contributed by atoms with Gasteiger partial charge in [-0.2, -0.15) is 0 Å². The number of benzene rings is 1. The monoisotopic (exact) mass is 420 g/mol. The van der Waals surface area contributed by atoms with Crippen LogP contribution < -0.4 is 0 Å². The largest absolute Gasteiger partial charge is 0.294 e. The number of Topliss-reactive ketones (excluding diaryl/α,β-unsaturated/α-hetero) is 1. The van der Waals surface area contributed by atoms with Gasteiger partial charge in [-0.25, -0.2) is 4.39 Å². The molecular weight excluding hydrogens is 383 g/mol. The first-order valence-electron chi connectivity index (χ1n) is 12.4. The maximum absolute atomic E-state index is 13.7. The van der Waals surface area contributed by atoms with E-state index in [0.717, 1.165) is 36.8 Å². The van der Waals surface area contributed by atoms with Crippen LogP contribution in [0.3, 0.4) is 0 Å². The molecule has 3 aliphatic rings. The van der Waals surface area contributed by atoms with Gasteiger partial charge < -0.3 is 0 Å². The van der Waals surface area contributed by atoms with Crippen LogP contribution in [0.5, 0.6) is 0 Å². The van der Waals surface area contributed by atoms with Crippen molar-refractivity contribution < 1.29 is 9.18 Å². The Balaban J connectivity index is 1.57. The van der Waals surface area contributed by atoms with Gasteiger partial charge in [0.25, 0.3) is 0 Å². The molecule has 0 saturated heterocycles. The predicted octanol–water partition coefficient (Wildman–Crippen LogP) is 8.24. The third-order valence-electron chi connectivity index (χ3n) is 7.79. The zero-order valence-corrected chi connectivity index (χ0v) is 19.2. The van der Waals surface area contributed by atoms with Crippen LogP contribution in [0.4, 0.5) is 4.39 Å². The van der Waals surface area contributed by atoms with Gasteiger partial charge in [-0.1, -0.05) is 69.2 Å². The van der Waals surface area contributed by atoms with Gasteiger partial charge in [-0.05, 0) is 73.1 Å². The summed E-state index contributed by atoms with van der Waals surface area (Å²) in [5, 5.41) is 0. The summed E-state index contributed by atoms with van der Waals surface area (Å²) >= 11 is 0. The number of carbonyl (C=O) groups is 1. The molecule has 0 bridgehead atoms. The lowest BCUT2D eigenvalue weighted by atomic mass is 9.80. The standard InChI is InChI=1S/C29H37FO/c1-20(14-15-22-8-7-13-26(30)18-22)28-19-25(24-11-5-6-12-24)16-17-27(28)29(31)21(2)23-9-3-4-10-23/h5,7-8,11,16-21,23-24,26H,3-4,6,9-10,12-15H2,1-2H3. The van der Waals surface area contributed by atoms with Gasteiger partial charge >= 0.3 is 0 Å². The highest BCUT2D eigenvalue weighted by Crippen LogP contribution is 2.37. The molecule has 2 heteroatoms. The summed E-state index contributed by atoms with van der Waals surface area (Å²) in [6.07, 6.45) is 19.0. The molecule has 0 heterocycles. The van der Waals surface area contributed by atoms with Gasteiger partial charge in [0.15, 0.2) is 5.78 Å². The van der Waals surface area contributed by atoms with Crippen LogP contribution in [-0.4, -0.2) is 12.0 Å². The molecule has 0 aromatic heterocycles. The van der Waals surface area contributed by atoms with E-state index in [9.17, 15) is 9.18 Å². The van der Waals surface area contributed by atoms with Gasteiger partial charge in [-0.15, -0.1) is 0 Å². The van der Waals surface area contributed by atoms with Crippen molar-refractivity contribution in [1.29, 1.82) is 0 Å². The van der Waals surface area contributed by atoms with E-state index >= 15 is 0 Å². The summed E-state index contributed by atoms with van der Waals surface area (Å²) < 4.78 is 13.7. The number of carbonyl (C=O) groups excluding carboxylic acids is 1. The van der Waals surface area contributed by atoms with Crippen molar-refractivity contribution in [2.24, 2.45) is 11.8 Å². The molecule has 0 amide bonds. The Hall–Kier alpha value is -1.96. The van der Waals surface area contributed by atoms with Crippen LogP contribution in [0, 0.1) is 11.8 Å². The second-order valence-corrected chi connectivity index (χ2v) is 9.99. The van der Waals surface area contributed by atoms with E-state index in [4.69, 9.17) is 0 Å². The fourth-order valence-corrected chi connectivity index (χ4v) is 5.68. The van der Waals surface area contributed by atoms with Crippen molar-refractivity contribution in [3.63, 3.8) is 0 Å². The van der Waals surface area contributed by atoms with Crippen LogP contribution in [0.25, 0.3) is 0 Å². The number of hydrogen-bond donors (Lipinski definition) is 0. The molecule has 0 N–H and O–H groups in total. The first-order chi connectivity index (χ1) is 15.0. The normalized spacial score (nSPS) is 25.6. The minimum atomic E-state index is -0.850. The van der Waals surface area contributed by atoms with Gasteiger partial charge in [0.2, 0.25) is 0 Å². The van der Waals surface area contributed by atoms with Gasteiger partial charge in [0.05, 0.1) is 0 Å². The maximum atomic E-state index is 13.7. The minimum Gasteiger partial charge on any atom is -0.294 e. The lowest BCUT2D eigenvalue weighted by molar-refractivity contribution is 0.0886. The SMILES string of the molecule is CC(CCC1=CC(F)CC=C1)c1cc(C2C=CCC2)ccc1C(=O)C(C)C1CCCC1. The molecule has 166 valence electrons. The summed E-state index contributed by atoms with van der Waals surface area (Å²) in [6.45, 7) is 4.38. The summed E-state index contributed by atoms with van der Waals surface area (Å²) in [7, 11) is 0. The Morgan fingerprint density at radius 1 is 1.13 bits per heavy atom. The van der Waals surface area contributed by atoms with Gasteiger partial charge in [-0.3, -0.25) is 4.79 Å². The Labute approximate surface area is 187 Å². The summed E-state index contributed by atoms with van der Waals surface area (Å²) in [6, 6.07) is 6.60. The molecule has 3 aliphatic carbocycles. The molecule has 1 aromatic carbocycles. The molecule has 1 nitrogen and oxygen atoms in total. The smallest absolute Gasteiger partial charge is 0.166 e. The van der Waals surface area contributed by atoms with Gasteiger partial charge in [0.1, 0.15) is 6.17 Å². The van der Waals surface area contributed by atoms with E-state index in [2.05, 4.69) is 50.3 Å². The zero-order chi connectivity index (χ0) is 21.8. The molecule has 0 spiro atoms. The van der Waals surface area contributed by atoms with Crippen molar-refractivity contribution in [3.05, 3.63) is 70.8 Å². The number of allylic oxidation sites excluding steroid dienone is 6. The third-order valence-corrected chi connectivity index (χ3v) is 7.79. The molecule has 1 saturated carbocycles. The Morgan fingerprint density at radius 3 is 2.65 bits per heavy atom. The van der Waals surface area contributed by atoms with Crippen LogP contribution in [0.15, 0.2) is 54.2 Å². The lowest BCUT2D eigenvalue weighted by Crippen LogP contribution is -2.21. The van der Waals surface area contributed by atoms with E-state index in [1.165, 1.54) is 36.8 Å². The fraction of sp³-hybridized carbons (Fsp3) is 0.552. The Kier molecular flexibility index (Phi) is 7.25. The quantitative estimate of drug-likeness (QED) is 0.306. The third kappa shape index (κ3) is 5.27. The highest BCUT2D eigenvalue weighted by atomic mass is 19.1. The molecule has 4 atom stereocenters. The number of halogens is 1. The Bertz CT molecular complexity index is 871. The number of alkyl halides is 1. The molecule has 4 rings (SSSR count). The average molecular weight is 421 g/mol. The topological polar surface area (TPSA) is 17.1 Å². The van der Waals surface area contributed by atoms with Crippen LogP contribution in [0.1, 0.15) is 105 Å². The molecule has 4 unspecified atom stereocenters. The first kappa shape index (κ1) is 22.2. The van der Waals surface area contributed by atoms with E-state index < -0.39 is 6.17 Å². The number of ketones is 1. The average Bonchev–Trinajstić information content (AvgIpc) is 3.50. The molecule has 0 aliphatic heterocycles. The maximum Gasteiger partial charge on any atom is 0.166 e. The van der Waals surface area contributed by atoms with Crippen LogP contribution >= 0.6 is 0 Å². The van der Waals surface area contributed by atoms with E-state index in [1.54, 1.807) is 6.08 Å². The van der Waals surface area contributed by atoms with Crippen molar-refractivity contribution in [3.8, 4) is 0 Å². The highest BCUT2D eigenvalue weighted by molar-refractivity contribution is 5.99. The zero-order valence-electron chi connectivity index (χ0n) is 19.2. The Morgan fingerprint density at radius 2 is 1.94 bits per heavy atom.